The third kappa shape index (κ3) is 4.29. The van der Waals surface area contributed by atoms with E-state index in [4.69, 9.17) is 5.73 Å². The normalized spacial score (nSPS) is 14.2. The van der Waals surface area contributed by atoms with E-state index < -0.39 is 12.1 Å². The van der Waals surface area contributed by atoms with Gasteiger partial charge in [0.2, 0.25) is 11.8 Å². The summed E-state index contributed by atoms with van der Waals surface area (Å²) in [6.07, 6.45) is 0. The number of amides is 2. The van der Waals surface area contributed by atoms with Crippen LogP contribution < -0.4 is 11.1 Å². The molecule has 3 N–H and O–H groups in total. The van der Waals surface area contributed by atoms with Crippen LogP contribution in [0.4, 0.5) is 0 Å². The van der Waals surface area contributed by atoms with Gasteiger partial charge in [-0.15, -0.1) is 0 Å². The van der Waals surface area contributed by atoms with Gasteiger partial charge in [0.25, 0.3) is 0 Å². The maximum Gasteiger partial charge on any atom is 0.244 e. The highest BCUT2D eigenvalue weighted by atomic mass is 16.2. The third-order valence-electron chi connectivity index (χ3n) is 2.22. The van der Waals surface area contributed by atoms with Gasteiger partial charge in [-0.3, -0.25) is 9.59 Å². The Morgan fingerprint density at radius 2 is 1.73 bits per heavy atom. The van der Waals surface area contributed by atoms with E-state index in [1.807, 2.05) is 13.8 Å². The lowest BCUT2D eigenvalue weighted by molar-refractivity contribution is -0.135. The summed E-state index contributed by atoms with van der Waals surface area (Å²) >= 11 is 0. The minimum absolute atomic E-state index is 0.0750. The fourth-order valence-corrected chi connectivity index (χ4v) is 1.22. The van der Waals surface area contributed by atoms with Crippen molar-refractivity contribution in [3.63, 3.8) is 0 Å². The van der Waals surface area contributed by atoms with Crippen LogP contribution in [0.5, 0.6) is 0 Å². The van der Waals surface area contributed by atoms with Gasteiger partial charge in [0.1, 0.15) is 6.04 Å². The van der Waals surface area contributed by atoms with Gasteiger partial charge >= 0.3 is 0 Å². The molecular formula is C10H21N3O2. The van der Waals surface area contributed by atoms with Crippen LogP contribution in [0.1, 0.15) is 27.7 Å². The van der Waals surface area contributed by atoms with Crippen molar-refractivity contribution in [2.24, 2.45) is 5.73 Å². The van der Waals surface area contributed by atoms with E-state index >= 15 is 0 Å². The SMILES string of the molecule is CCN(CC)C(=O)C(C)NC(=O)C(C)N. The lowest BCUT2D eigenvalue weighted by Crippen LogP contribution is -2.50. The number of hydrogen-bond acceptors (Lipinski definition) is 3. The van der Waals surface area contributed by atoms with Crippen LogP contribution in [0.25, 0.3) is 0 Å². The van der Waals surface area contributed by atoms with E-state index in [1.165, 1.54) is 0 Å². The first kappa shape index (κ1) is 13.9. The number of nitrogens with one attached hydrogen (secondary N) is 1. The zero-order chi connectivity index (χ0) is 12.0. The summed E-state index contributed by atoms with van der Waals surface area (Å²) in [6, 6.07) is -1.10. The van der Waals surface area contributed by atoms with Crippen LogP contribution in [-0.4, -0.2) is 41.9 Å². The third-order valence-corrected chi connectivity index (χ3v) is 2.22. The Hall–Kier alpha value is -1.10. The highest BCUT2D eigenvalue weighted by Crippen LogP contribution is 1.95. The van der Waals surface area contributed by atoms with Gasteiger partial charge in [-0.2, -0.15) is 0 Å². The van der Waals surface area contributed by atoms with E-state index in [1.54, 1.807) is 18.7 Å². The Morgan fingerprint density at radius 1 is 1.27 bits per heavy atom. The number of likely N-dealkylation sites (N-methyl/N-ethyl adjacent to an activating group) is 1. The van der Waals surface area contributed by atoms with Crippen LogP contribution in [-0.2, 0) is 9.59 Å². The van der Waals surface area contributed by atoms with E-state index in [0.717, 1.165) is 0 Å². The molecule has 2 unspecified atom stereocenters. The van der Waals surface area contributed by atoms with Crippen molar-refractivity contribution in [3.8, 4) is 0 Å². The Labute approximate surface area is 91.0 Å². The lowest BCUT2D eigenvalue weighted by Gasteiger charge is -2.23. The van der Waals surface area contributed by atoms with Gasteiger partial charge in [0.05, 0.1) is 6.04 Å². The molecule has 0 aliphatic heterocycles. The lowest BCUT2D eigenvalue weighted by atomic mass is 10.2. The molecule has 0 aromatic carbocycles. The molecule has 5 nitrogen and oxygen atoms in total. The second-order valence-electron chi connectivity index (χ2n) is 3.53. The van der Waals surface area contributed by atoms with Gasteiger partial charge in [0, 0.05) is 13.1 Å². The number of hydrogen-bond donors (Lipinski definition) is 2. The number of carbonyl (C=O) groups is 2. The van der Waals surface area contributed by atoms with Crippen LogP contribution in [0.3, 0.4) is 0 Å². The number of nitrogens with two attached hydrogens (primary N) is 1. The molecule has 0 saturated carbocycles. The maximum atomic E-state index is 11.7. The van der Waals surface area contributed by atoms with E-state index in [0.29, 0.717) is 13.1 Å². The van der Waals surface area contributed by atoms with E-state index in [-0.39, 0.29) is 11.8 Å². The molecule has 2 amide bonds. The quantitative estimate of drug-likeness (QED) is 0.661. The number of carbonyl (C=O) groups excluding carboxylic acids is 2. The maximum absolute atomic E-state index is 11.7. The van der Waals surface area contributed by atoms with Gasteiger partial charge in [0.15, 0.2) is 0 Å². The zero-order valence-corrected chi connectivity index (χ0v) is 9.91. The van der Waals surface area contributed by atoms with Gasteiger partial charge in [-0.25, -0.2) is 0 Å². The molecule has 0 rings (SSSR count). The Kier molecular flexibility index (Phi) is 5.93. The van der Waals surface area contributed by atoms with Crippen LogP contribution in [0.2, 0.25) is 0 Å². The first-order chi connectivity index (χ1) is 6.93. The van der Waals surface area contributed by atoms with Crippen molar-refractivity contribution in [2.45, 2.75) is 39.8 Å². The Bertz CT molecular complexity index is 225. The molecule has 0 radical (unpaired) electrons. The molecule has 88 valence electrons. The van der Waals surface area contributed by atoms with Crippen LogP contribution >= 0.6 is 0 Å². The summed E-state index contributed by atoms with van der Waals surface area (Å²) in [5, 5.41) is 2.57. The summed E-state index contributed by atoms with van der Waals surface area (Å²) in [6.45, 7) is 8.36. The van der Waals surface area contributed by atoms with Crippen molar-refractivity contribution >= 4 is 11.8 Å². The highest BCUT2D eigenvalue weighted by Gasteiger charge is 2.20. The topological polar surface area (TPSA) is 75.4 Å². The van der Waals surface area contributed by atoms with Crippen molar-refractivity contribution in [2.75, 3.05) is 13.1 Å². The molecule has 5 heteroatoms. The second kappa shape index (κ2) is 6.40. The summed E-state index contributed by atoms with van der Waals surface area (Å²) < 4.78 is 0. The van der Waals surface area contributed by atoms with Crippen molar-refractivity contribution in [1.29, 1.82) is 0 Å². The predicted molar refractivity (Wildman–Crippen MR) is 59.2 cm³/mol. The molecule has 0 saturated heterocycles. The fourth-order valence-electron chi connectivity index (χ4n) is 1.22. The van der Waals surface area contributed by atoms with Crippen molar-refractivity contribution in [3.05, 3.63) is 0 Å². The molecule has 0 aliphatic carbocycles. The number of nitrogens with zero attached hydrogens (tertiary/aromatic N) is 1. The smallest absolute Gasteiger partial charge is 0.244 e. The van der Waals surface area contributed by atoms with Crippen LogP contribution in [0, 0.1) is 0 Å². The van der Waals surface area contributed by atoms with Crippen LogP contribution in [0.15, 0.2) is 0 Å². The monoisotopic (exact) mass is 215 g/mol. The second-order valence-corrected chi connectivity index (χ2v) is 3.53. The first-order valence-corrected chi connectivity index (χ1v) is 5.28. The molecule has 0 aromatic heterocycles. The molecule has 0 heterocycles. The molecule has 0 fully saturated rings. The minimum Gasteiger partial charge on any atom is -0.343 e. The summed E-state index contributed by atoms with van der Waals surface area (Å²) in [7, 11) is 0. The van der Waals surface area contributed by atoms with Gasteiger partial charge in [-0.1, -0.05) is 0 Å². The molecule has 0 aromatic rings. The first-order valence-electron chi connectivity index (χ1n) is 5.28. The Balaban J connectivity index is 4.26. The Morgan fingerprint density at radius 3 is 2.07 bits per heavy atom. The summed E-state index contributed by atoms with van der Waals surface area (Å²) in [5.41, 5.74) is 5.39. The van der Waals surface area contributed by atoms with E-state index in [2.05, 4.69) is 5.32 Å². The molecular weight excluding hydrogens is 194 g/mol. The van der Waals surface area contributed by atoms with Gasteiger partial charge < -0.3 is 16.0 Å². The number of rotatable bonds is 5. The van der Waals surface area contributed by atoms with E-state index in [9.17, 15) is 9.59 Å². The van der Waals surface area contributed by atoms with Crippen molar-refractivity contribution in [1.82, 2.24) is 10.2 Å². The molecule has 0 aliphatic rings. The van der Waals surface area contributed by atoms with Crippen molar-refractivity contribution < 1.29 is 9.59 Å². The minimum atomic E-state index is -0.586. The molecule has 2 atom stereocenters. The van der Waals surface area contributed by atoms with Gasteiger partial charge in [-0.05, 0) is 27.7 Å². The average Bonchev–Trinajstić information content (AvgIpc) is 2.19. The largest absolute Gasteiger partial charge is 0.343 e. The standard InChI is InChI=1S/C10H21N3O2/c1-5-13(6-2)10(15)8(4)12-9(14)7(3)11/h7-8H,5-6,11H2,1-4H3,(H,12,14). The molecule has 0 bridgehead atoms. The highest BCUT2D eigenvalue weighted by molar-refractivity contribution is 5.89. The zero-order valence-electron chi connectivity index (χ0n) is 9.91. The molecule has 15 heavy (non-hydrogen) atoms. The predicted octanol–water partition coefficient (Wildman–Crippen LogP) is -0.293. The summed E-state index contributed by atoms with van der Waals surface area (Å²) in [4.78, 5) is 24.7. The average molecular weight is 215 g/mol. The summed E-state index contributed by atoms with van der Waals surface area (Å²) in [5.74, 6) is -0.378. The molecule has 0 spiro atoms. The fraction of sp³-hybridized carbons (Fsp3) is 0.800.